The maximum absolute atomic E-state index is 6.54. The Balaban J connectivity index is 1.17. The number of aromatic nitrogens is 9. The highest BCUT2D eigenvalue weighted by Crippen LogP contribution is 2.36. The van der Waals surface area contributed by atoms with Crippen molar-refractivity contribution in [3.8, 4) is 23.0 Å². The molecule has 0 aliphatic carbocycles. The van der Waals surface area contributed by atoms with Crippen molar-refractivity contribution in [2.75, 3.05) is 0 Å². The van der Waals surface area contributed by atoms with Crippen LogP contribution in [0.2, 0.25) is 0 Å². The van der Waals surface area contributed by atoms with Gasteiger partial charge in [0.1, 0.15) is 17.3 Å². The molecule has 0 unspecified atom stereocenters. The Bertz CT molecular complexity index is 2620. The Kier molecular flexibility index (Phi) is 5.52. The number of rotatable bonds is 4. The smallest absolute Gasteiger partial charge is 0.226 e. The van der Waals surface area contributed by atoms with Crippen LogP contribution < -0.4 is 4.74 Å². The van der Waals surface area contributed by atoms with E-state index >= 15 is 0 Å². The average molecular weight is 602 g/mol. The molecule has 9 rings (SSSR count). The van der Waals surface area contributed by atoms with E-state index in [0.29, 0.717) is 39.9 Å². The van der Waals surface area contributed by atoms with Gasteiger partial charge in [0, 0.05) is 53.9 Å². The maximum Gasteiger partial charge on any atom is 0.226 e. The van der Waals surface area contributed by atoms with Gasteiger partial charge in [0.2, 0.25) is 5.78 Å². The number of para-hydroxylation sites is 1. The summed E-state index contributed by atoms with van der Waals surface area (Å²) in [5, 5.41) is 2.29. The topological polar surface area (TPSA) is 101 Å². The highest BCUT2D eigenvalue weighted by Gasteiger charge is 2.21. The zero-order chi connectivity index (χ0) is 31.0. The van der Waals surface area contributed by atoms with E-state index in [0.717, 1.165) is 33.3 Å². The first-order valence-electron chi connectivity index (χ1n) is 15.0. The van der Waals surface area contributed by atoms with Gasteiger partial charge in [-0.25, -0.2) is 29.3 Å². The van der Waals surface area contributed by atoms with Gasteiger partial charge in [-0.15, -0.1) is 0 Å². The summed E-state index contributed by atoms with van der Waals surface area (Å²) in [6.07, 6.45) is 8.52. The minimum atomic E-state index is -0.00587. The van der Waals surface area contributed by atoms with Crippen LogP contribution in [0.4, 0.5) is 0 Å². The largest absolute Gasteiger partial charge is 0.457 e. The summed E-state index contributed by atoms with van der Waals surface area (Å²) in [6, 6.07) is 26.8. The lowest BCUT2D eigenvalue weighted by Gasteiger charge is -2.20. The quantitative estimate of drug-likeness (QED) is 0.205. The van der Waals surface area contributed by atoms with Gasteiger partial charge >= 0.3 is 0 Å². The van der Waals surface area contributed by atoms with E-state index < -0.39 is 0 Å². The van der Waals surface area contributed by atoms with Gasteiger partial charge < -0.3 is 4.74 Å². The molecule has 0 amide bonds. The van der Waals surface area contributed by atoms with Gasteiger partial charge in [-0.1, -0.05) is 45.0 Å². The van der Waals surface area contributed by atoms with Gasteiger partial charge in [0.25, 0.3) is 0 Å². The van der Waals surface area contributed by atoms with Gasteiger partial charge in [-0.05, 0) is 53.4 Å². The van der Waals surface area contributed by atoms with Crippen molar-refractivity contribution >= 4 is 50.2 Å². The highest BCUT2D eigenvalue weighted by molar-refractivity contribution is 6.09. The summed E-state index contributed by atoms with van der Waals surface area (Å²) >= 11 is 0. The van der Waals surface area contributed by atoms with E-state index in [-0.39, 0.29) is 5.41 Å². The minimum Gasteiger partial charge on any atom is -0.457 e. The molecule has 222 valence electrons. The number of fused-ring (bicyclic) bond motifs is 8. The predicted octanol–water partition coefficient (Wildman–Crippen LogP) is 7.59. The zero-order valence-electron chi connectivity index (χ0n) is 25.3. The predicted molar refractivity (Wildman–Crippen MR) is 178 cm³/mol. The molecule has 10 heteroatoms. The molecule has 0 saturated heterocycles. The zero-order valence-corrected chi connectivity index (χ0v) is 25.3. The van der Waals surface area contributed by atoms with Gasteiger partial charge in [0.15, 0.2) is 22.6 Å². The number of benzene rings is 3. The van der Waals surface area contributed by atoms with E-state index in [1.807, 2.05) is 45.5 Å². The Morgan fingerprint density at radius 2 is 1.35 bits per heavy atom. The highest BCUT2D eigenvalue weighted by atomic mass is 16.5. The average Bonchev–Trinajstić information content (AvgIpc) is 3.71. The first-order valence-corrected chi connectivity index (χ1v) is 15.0. The molecular weight excluding hydrogens is 574 g/mol. The molecule has 10 nitrogen and oxygen atoms in total. The Labute approximate surface area is 262 Å². The molecule has 0 radical (unpaired) electrons. The molecule has 0 aliphatic heterocycles. The molecule has 3 aromatic carbocycles. The van der Waals surface area contributed by atoms with Crippen LogP contribution in [0.1, 0.15) is 26.3 Å². The number of hydrogen-bond acceptors (Lipinski definition) is 7. The molecule has 0 N–H and O–H groups in total. The first-order chi connectivity index (χ1) is 22.4. The van der Waals surface area contributed by atoms with E-state index in [4.69, 9.17) is 14.7 Å². The van der Waals surface area contributed by atoms with Crippen LogP contribution in [0.25, 0.3) is 61.7 Å². The molecule has 9 aromatic rings. The van der Waals surface area contributed by atoms with Crippen molar-refractivity contribution in [2.24, 2.45) is 0 Å². The monoisotopic (exact) mass is 601 g/mol. The van der Waals surface area contributed by atoms with Crippen LogP contribution in [0.15, 0.2) is 110 Å². The summed E-state index contributed by atoms with van der Waals surface area (Å²) in [6.45, 7) is 6.65. The number of imidazole rings is 2. The third kappa shape index (κ3) is 3.96. The van der Waals surface area contributed by atoms with Crippen molar-refractivity contribution in [1.29, 1.82) is 0 Å². The van der Waals surface area contributed by atoms with E-state index in [1.165, 1.54) is 5.56 Å². The molecule has 0 bridgehead atoms. The van der Waals surface area contributed by atoms with Gasteiger partial charge in [0.05, 0.1) is 16.7 Å². The minimum absolute atomic E-state index is 0.00587. The molecule has 0 spiro atoms. The molecule has 0 fully saturated rings. The SMILES string of the molecule is CC(C)(C)c1ccnc(-n2c3ccccc3c3ccc(Oc4cccc(-n5c6nccnc6n6c7nccnc7nc56)c4)cc32)c1. The van der Waals surface area contributed by atoms with Crippen LogP contribution >= 0.6 is 0 Å². The van der Waals surface area contributed by atoms with Gasteiger partial charge in [-0.3, -0.25) is 9.13 Å². The van der Waals surface area contributed by atoms with Crippen LogP contribution in [0.3, 0.4) is 0 Å². The summed E-state index contributed by atoms with van der Waals surface area (Å²) in [5.41, 5.74) is 6.63. The Morgan fingerprint density at radius 1 is 0.587 bits per heavy atom. The normalized spacial score (nSPS) is 12.2. The molecular formula is C36H27N9O. The van der Waals surface area contributed by atoms with Crippen molar-refractivity contribution < 1.29 is 4.74 Å². The summed E-state index contributed by atoms with van der Waals surface area (Å²) in [4.78, 5) is 27.7. The Hall–Kier alpha value is -6.16. The van der Waals surface area contributed by atoms with E-state index in [1.54, 1.807) is 24.8 Å². The van der Waals surface area contributed by atoms with Crippen LogP contribution in [-0.2, 0) is 5.41 Å². The van der Waals surface area contributed by atoms with Crippen molar-refractivity contribution in [1.82, 2.24) is 43.4 Å². The third-order valence-electron chi connectivity index (χ3n) is 8.36. The van der Waals surface area contributed by atoms with Crippen molar-refractivity contribution in [2.45, 2.75) is 26.2 Å². The van der Waals surface area contributed by atoms with Gasteiger partial charge in [-0.2, -0.15) is 4.98 Å². The first kappa shape index (κ1) is 26.3. The van der Waals surface area contributed by atoms with Crippen molar-refractivity contribution in [3.05, 3.63) is 115 Å². The number of hydrogen-bond donors (Lipinski definition) is 0. The molecule has 6 aromatic heterocycles. The maximum atomic E-state index is 6.54. The lowest BCUT2D eigenvalue weighted by atomic mass is 9.88. The van der Waals surface area contributed by atoms with E-state index in [2.05, 4.69) is 93.8 Å². The summed E-state index contributed by atoms with van der Waals surface area (Å²) < 4.78 is 12.6. The summed E-state index contributed by atoms with van der Waals surface area (Å²) in [7, 11) is 0. The van der Waals surface area contributed by atoms with Crippen molar-refractivity contribution in [3.63, 3.8) is 0 Å². The van der Waals surface area contributed by atoms with Crippen LogP contribution in [0, 0.1) is 0 Å². The number of nitrogens with zero attached hydrogens (tertiary/aromatic N) is 9. The fourth-order valence-electron chi connectivity index (χ4n) is 6.21. The molecule has 0 atom stereocenters. The van der Waals surface area contributed by atoms with E-state index in [9.17, 15) is 0 Å². The molecule has 0 aliphatic rings. The fourth-order valence-corrected chi connectivity index (χ4v) is 6.21. The molecule has 46 heavy (non-hydrogen) atoms. The standard InChI is InChI=1S/C36H27N9O/c1-36(2,3)22-13-14-37-30(19-22)44-28-10-5-4-9-26(28)27-12-11-25(21-29(27)44)46-24-8-6-7-23(20-24)43-33-34(41-18-17-40-33)45-32-31(42-35(43)45)38-15-16-39-32/h4-21H,1-3H3. The number of pyridine rings is 1. The molecule has 0 saturated carbocycles. The summed E-state index contributed by atoms with van der Waals surface area (Å²) in [5.74, 6) is 2.88. The lowest BCUT2D eigenvalue weighted by molar-refractivity contribution is 0.483. The third-order valence-corrected chi connectivity index (χ3v) is 8.36. The second kappa shape index (κ2) is 9.67. The van der Waals surface area contributed by atoms with Crippen LogP contribution in [0.5, 0.6) is 11.5 Å². The lowest BCUT2D eigenvalue weighted by Crippen LogP contribution is -2.12. The number of ether oxygens (including phenoxy) is 1. The van der Waals surface area contributed by atoms with Crippen LogP contribution in [-0.4, -0.2) is 43.4 Å². The molecule has 6 heterocycles. The Morgan fingerprint density at radius 3 is 2.22 bits per heavy atom. The second-order valence-electron chi connectivity index (χ2n) is 12.3. The second-order valence-corrected chi connectivity index (χ2v) is 12.3. The fraction of sp³-hybridized carbons (Fsp3) is 0.111.